The minimum Gasteiger partial charge on any atom is -0.389 e. The summed E-state index contributed by atoms with van der Waals surface area (Å²) in [6, 6.07) is 0. The van der Waals surface area contributed by atoms with Crippen molar-refractivity contribution in [3.63, 3.8) is 0 Å². The third kappa shape index (κ3) is 3.76. The molecule has 0 radical (unpaired) electrons. The number of carbonyl (C=O) groups is 1. The fourth-order valence-electron chi connectivity index (χ4n) is 1.04. The average molecular weight is 239 g/mol. The molecule has 8 heteroatoms. The highest BCUT2D eigenvalue weighted by atomic mass is 16.4. The molecular weight excluding hydrogens is 222 g/mol. The Kier molecular flexibility index (Phi) is 6.60. The van der Waals surface area contributed by atoms with E-state index in [0.717, 1.165) is 0 Å². The molecule has 0 unspecified atom stereocenters. The summed E-state index contributed by atoms with van der Waals surface area (Å²) in [5.74, 6) is -1.11. The van der Waals surface area contributed by atoms with Crippen LogP contribution in [0.2, 0.25) is 0 Å². The molecule has 0 rings (SSSR count). The standard InChI is InChI=1S/C8H17NO7/c9-1-3(11)5(13)7(15)8(16)6(14)4(12)2-10/h3,5-8,10-11,13-16H,1-2,9H2/t3-,5+,6+,7+,8+/m0/s1. The van der Waals surface area contributed by atoms with Gasteiger partial charge in [0.25, 0.3) is 0 Å². The van der Waals surface area contributed by atoms with Gasteiger partial charge >= 0.3 is 0 Å². The first-order chi connectivity index (χ1) is 7.36. The second-order valence-corrected chi connectivity index (χ2v) is 3.34. The first-order valence-electron chi connectivity index (χ1n) is 4.60. The summed E-state index contributed by atoms with van der Waals surface area (Å²) < 4.78 is 0. The van der Waals surface area contributed by atoms with E-state index in [1.54, 1.807) is 0 Å². The Labute approximate surface area is 91.6 Å². The van der Waals surface area contributed by atoms with Crippen molar-refractivity contribution in [3.05, 3.63) is 0 Å². The zero-order valence-corrected chi connectivity index (χ0v) is 8.47. The van der Waals surface area contributed by atoms with Crippen LogP contribution in [0.1, 0.15) is 0 Å². The van der Waals surface area contributed by atoms with E-state index in [2.05, 4.69) is 0 Å². The Hall–Kier alpha value is -0.610. The van der Waals surface area contributed by atoms with E-state index in [1.807, 2.05) is 0 Å². The van der Waals surface area contributed by atoms with E-state index >= 15 is 0 Å². The number of hydrogen-bond donors (Lipinski definition) is 7. The molecule has 0 aromatic rings. The highest BCUT2D eigenvalue weighted by molar-refractivity contribution is 5.84. The monoisotopic (exact) mass is 239 g/mol. The van der Waals surface area contributed by atoms with Gasteiger partial charge in [-0.25, -0.2) is 0 Å². The molecule has 0 saturated carbocycles. The minimum atomic E-state index is -2.04. The molecule has 8 nitrogen and oxygen atoms in total. The lowest BCUT2D eigenvalue weighted by atomic mass is 9.97. The number of aliphatic hydroxyl groups excluding tert-OH is 6. The van der Waals surface area contributed by atoms with Gasteiger partial charge in [-0.2, -0.15) is 0 Å². The maximum absolute atomic E-state index is 10.8. The van der Waals surface area contributed by atoms with Crippen molar-refractivity contribution in [1.29, 1.82) is 0 Å². The topological polar surface area (TPSA) is 164 Å². The lowest BCUT2D eigenvalue weighted by Crippen LogP contribution is -2.53. The molecule has 16 heavy (non-hydrogen) atoms. The summed E-state index contributed by atoms with van der Waals surface area (Å²) in [4.78, 5) is 10.8. The maximum atomic E-state index is 10.8. The first-order valence-corrected chi connectivity index (χ1v) is 4.60. The Balaban J connectivity index is 4.47. The molecule has 8 N–H and O–H groups in total. The Bertz CT molecular complexity index is 224. The maximum Gasteiger partial charge on any atom is 0.189 e. The first kappa shape index (κ1) is 15.4. The molecule has 0 aromatic heterocycles. The Morgan fingerprint density at radius 1 is 1.00 bits per heavy atom. The lowest BCUT2D eigenvalue weighted by Gasteiger charge is -2.27. The summed E-state index contributed by atoms with van der Waals surface area (Å²) >= 11 is 0. The second kappa shape index (κ2) is 6.86. The van der Waals surface area contributed by atoms with E-state index in [-0.39, 0.29) is 6.54 Å². The van der Waals surface area contributed by atoms with Crippen molar-refractivity contribution in [2.75, 3.05) is 13.2 Å². The van der Waals surface area contributed by atoms with Crippen molar-refractivity contribution in [2.45, 2.75) is 30.5 Å². The molecule has 5 atom stereocenters. The third-order valence-corrected chi connectivity index (χ3v) is 2.14. The molecule has 0 aromatic carbocycles. The summed E-state index contributed by atoms with van der Waals surface area (Å²) in [7, 11) is 0. The predicted octanol–water partition coefficient (Wildman–Crippen LogP) is -4.69. The lowest BCUT2D eigenvalue weighted by molar-refractivity contribution is -0.154. The smallest absolute Gasteiger partial charge is 0.189 e. The Morgan fingerprint density at radius 2 is 1.50 bits per heavy atom. The van der Waals surface area contributed by atoms with Crippen LogP contribution >= 0.6 is 0 Å². The van der Waals surface area contributed by atoms with Gasteiger partial charge in [-0.3, -0.25) is 4.79 Å². The van der Waals surface area contributed by atoms with Crippen LogP contribution in [-0.4, -0.2) is 80.1 Å². The third-order valence-electron chi connectivity index (χ3n) is 2.14. The Morgan fingerprint density at radius 3 is 1.88 bits per heavy atom. The van der Waals surface area contributed by atoms with Gasteiger partial charge in [0.2, 0.25) is 0 Å². The van der Waals surface area contributed by atoms with Crippen LogP contribution in [0.15, 0.2) is 0 Å². The summed E-state index contributed by atoms with van der Waals surface area (Å²) in [6.07, 6.45) is -9.32. The molecule has 0 bridgehead atoms. The van der Waals surface area contributed by atoms with Crippen LogP contribution in [0, 0.1) is 0 Å². The van der Waals surface area contributed by atoms with Gasteiger partial charge in [0, 0.05) is 6.54 Å². The number of rotatable bonds is 7. The van der Waals surface area contributed by atoms with Gasteiger partial charge in [0.15, 0.2) is 5.78 Å². The highest BCUT2D eigenvalue weighted by Gasteiger charge is 2.36. The number of hydrogen-bond acceptors (Lipinski definition) is 8. The van der Waals surface area contributed by atoms with Gasteiger partial charge in [-0.05, 0) is 0 Å². The molecule has 0 heterocycles. The van der Waals surface area contributed by atoms with Crippen LogP contribution in [-0.2, 0) is 4.79 Å². The molecule has 0 spiro atoms. The van der Waals surface area contributed by atoms with Crippen molar-refractivity contribution >= 4 is 5.78 Å². The van der Waals surface area contributed by atoms with Crippen molar-refractivity contribution < 1.29 is 35.4 Å². The number of Topliss-reactive ketones (excluding diaryl/α,β-unsaturated/α-hetero) is 1. The van der Waals surface area contributed by atoms with E-state index in [0.29, 0.717) is 0 Å². The van der Waals surface area contributed by atoms with E-state index in [9.17, 15) is 20.1 Å². The SMILES string of the molecule is NC[C@H](O)[C@@H](O)[C@@H](O)[C@H](O)[C@H](O)C(=O)CO. The average Bonchev–Trinajstić information content (AvgIpc) is 2.32. The fourth-order valence-corrected chi connectivity index (χ4v) is 1.04. The minimum absolute atomic E-state index is 0.366. The largest absolute Gasteiger partial charge is 0.389 e. The van der Waals surface area contributed by atoms with Crippen LogP contribution < -0.4 is 5.73 Å². The van der Waals surface area contributed by atoms with E-state index in [4.69, 9.17) is 21.1 Å². The molecular formula is C8H17NO7. The molecule has 0 amide bonds. The van der Waals surface area contributed by atoms with Crippen LogP contribution in [0.25, 0.3) is 0 Å². The van der Waals surface area contributed by atoms with Crippen LogP contribution in [0.4, 0.5) is 0 Å². The fraction of sp³-hybridized carbons (Fsp3) is 0.875. The molecule has 96 valence electrons. The van der Waals surface area contributed by atoms with Crippen molar-refractivity contribution in [3.8, 4) is 0 Å². The highest BCUT2D eigenvalue weighted by Crippen LogP contribution is 2.08. The number of ketones is 1. The van der Waals surface area contributed by atoms with Gasteiger partial charge in [-0.1, -0.05) is 0 Å². The summed E-state index contributed by atoms with van der Waals surface area (Å²) in [5.41, 5.74) is 5.00. The normalized spacial score (nSPS) is 20.9. The molecule has 0 aliphatic rings. The molecule has 0 aliphatic heterocycles. The van der Waals surface area contributed by atoms with E-state index < -0.39 is 42.9 Å². The summed E-state index contributed by atoms with van der Waals surface area (Å²) in [6.45, 7) is -1.38. The van der Waals surface area contributed by atoms with Gasteiger partial charge in [0.1, 0.15) is 31.0 Å². The number of nitrogens with two attached hydrogens (primary N) is 1. The number of carbonyl (C=O) groups excluding carboxylic acids is 1. The van der Waals surface area contributed by atoms with Gasteiger partial charge in [0.05, 0.1) is 6.10 Å². The molecule has 0 saturated heterocycles. The number of aliphatic hydroxyl groups is 6. The van der Waals surface area contributed by atoms with E-state index in [1.165, 1.54) is 0 Å². The van der Waals surface area contributed by atoms with Crippen LogP contribution in [0.5, 0.6) is 0 Å². The quantitative estimate of drug-likeness (QED) is 0.233. The predicted molar refractivity (Wildman–Crippen MR) is 51.2 cm³/mol. The second-order valence-electron chi connectivity index (χ2n) is 3.34. The van der Waals surface area contributed by atoms with Crippen LogP contribution in [0.3, 0.4) is 0 Å². The molecule has 0 fully saturated rings. The van der Waals surface area contributed by atoms with Gasteiger partial charge in [-0.15, -0.1) is 0 Å². The molecule has 0 aliphatic carbocycles. The van der Waals surface area contributed by atoms with Crippen molar-refractivity contribution in [1.82, 2.24) is 0 Å². The van der Waals surface area contributed by atoms with Gasteiger partial charge < -0.3 is 36.4 Å². The zero-order valence-electron chi connectivity index (χ0n) is 8.47. The van der Waals surface area contributed by atoms with Crippen molar-refractivity contribution in [2.24, 2.45) is 5.73 Å². The summed E-state index contributed by atoms with van der Waals surface area (Å²) in [5, 5.41) is 54.4. The zero-order chi connectivity index (χ0) is 12.9.